The fourth-order valence-electron chi connectivity index (χ4n) is 4.05. The van der Waals surface area contributed by atoms with E-state index in [0.29, 0.717) is 23.4 Å². The molecule has 3 atom stereocenters. The van der Waals surface area contributed by atoms with Gasteiger partial charge in [0.2, 0.25) is 5.91 Å². The van der Waals surface area contributed by atoms with Gasteiger partial charge in [-0.1, -0.05) is 25.5 Å². The van der Waals surface area contributed by atoms with Gasteiger partial charge in [-0.15, -0.1) is 0 Å². The third-order valence-corrected chi connectivity index (χ3v) is 5.34. The second kappa shape index (κ2) is 6.68. The molecule has 0 spiro atoms. The summed E-state index contributed by atoms with van der Waals surface area (Å²) in [6.07, 6.45) is 1.10. The Morgan fingerprint density at radius 1 is 1.22 bits per heavy atom. The molecular formula is C19H20FN3O4. The summed E-state index contributed by atoms with van der Waals surface area (Å²) in [6.45, 7) is 2.58. The van der Waals surface area contributed by atoms with Gasteiger partial charge in [0.15, 0.2) is 0 Å². The molecule has 0 saturated carbocycles. The number of halogens is 1. The molecule has 1 fully saturated rings. The molecule has 3 heterocycles. The molecule has 27 heavy (non-hydrogen) atoms. The van der Waals surface area contributed by atoms with Gasteiger partial charge in [-0.3, -0.25) is 10.1 Å². The van der Waals surface area contributed by atoms with Crippen LogP contribution in [0.15, 0.2) is 35.5 Å². The van der Waals surface area contributed by atoms with Crippen LogP contribution in [-0.2, 0) is 14.3 Å². The van der Waals surface area contributed by atoms with E-state index < -0.39 is 41.7 Å². The van der Waals surface area contributed by atoms with Gasteiger partial charge in [-0.2, -0.15) is 0 Å². The van der Waals surface area contributed by atoms with Crippen molar-refractivity contribution in [1.82, 2.24) is 15.5 Å². The van der Waals surface area contributed by atoms with Crippen molar-refractivity contribution < 1.29 is 23.5 Å². The van der Waals surface area contributed by atoms with Crippen molar-refractivity contribution in [3.63, 3.8) is 0 Å². The van der Waals surface area contributed by atoms with Gasteiger partial charge in [-0.25, -0.2) is 14.0 Å². The van der Waals surface area contributed by atoms with E-state index in [1.54, 1.807) is 17.0 Å². The third-order valence-electron chi connectivity index (χ3n) is 5.34. The number of hydrogen-bond donors (Lipinski definition) is 2. The molecule has 3 unspecified atom stereocenters. The van der Waals surface area contributed by atoms with Crippen LogP contribution in [0.1, 0.15) is 31.2 Å². The zero-order valence-electron chi connectivity index (χ0n) is 14.8. The lowest BCUT2D eigenvalue weighted by atomic mass is 9.74. The van der Waals surface area contributed by atoms with Gasteiger partial charge in [0.1, 0.15) is 18.6 Å². The van der Waals surface area contributed by atoms with Crippen LogP contribution < -0.4 is 10.6 Å². The number of carbonyl (C=O) groups is 3. The van der Waals surface area contributed by atoms with Crippen molar-refractivity contribution in [2.45, 2.75) is 31.8 Å². The number of esters is 1. The Hall–Kier alpha value is -2.90. The van der Waals surface area contributed by atoms with E-state index in [4.69, 9.17) is 4.74 Å². The minimum atomic E-state index is -0.714. The summed E-state index contributed by atoms with van der Waals surface area (Å²) in [5.41, 5.74) is 1.60. The van der Waals surface area contributed by atoms with Crippen LogP contribution in [0.2, 0.25) is 0 Å². The maximum atomic E-state index is 13.4. The summed E-state index contributed by atoms with van der Waals surface area (Å²) in [7, 11) is 0. The number of fused-ring (bicyclic) bond motifs is 1. The predicted molar refractivity (Wildman–Crippen MR) is 92.7 cm³/mol. The molecule has 7 nitrogen and oxygen atoms in total. The smallest absolute Gasteiger partial charge is 0.336 e. The number of benzene rings is 1. The first-order valence-electron chi connectivity index (χ1n) is 9.05. The standard InChI is InChI=1S/C19H20FN3O4/c1-2-3-8-23-16-15(17(24)22-19(23)26)13(10-4-6-11(20)7-5-10)14-12(21-16)9-27-18(14)25/h4-7,13,15-16,21H,2-3,8-9H2,1H3,(H,22,24,26). The number of imide groups is 1. The molecule has 3 amide bonds. The fourth-order valence-corrected chi connectivity index (χ4v) is 4.05. The molecule has 3 aliphatic heterocycles. The molecule has 8 heteroatoms. The number of carbonyl (C=O) groups excluding carboxylic acids is 3. The monoisotopic (exact) mass is 373 g/mol. The van der Waals surface area contributed by atoms with E-state index >= 15 is 0 Å². The largest absolute Gasteiger partial charge is 0.456 e. The number of unbranched alkanes of at least 4 members (excludes halogenated alkanes) is 1. The van der Waals surface area contributed by atoms with Gasteiger partial charge in [0, 0.05) is 12.5 Å². The Bertz CT molecular complexity index is 836. The molecule has 0 aliphatic carbocycles. The van der Waals surface area contributed by atoms with E-state index in [-0.39, 0.29) is 6.61 Å². The van der Waals surface area contributed by atoms with Crippen LogP contribution in [0, 0.1) is 11.7 Å². The molecule has 3 aliphatic rings. The molecular weight excluding hydrogens is 353 g/mol. The molecule has 0 aromatic heterocycles. The van der Waals surface area contributed by atoms with Crippen LogP contribution in [-0.4, -0.2) is 42.1 Å². The number of nitrogens with zero attached hydrogens (tertiary/aromatic N) is 1. The Kier molecular flexibility index (Phi) is 4.33. The number of hydrogen-bond acceptors (Lipinski definition) is 5. The van der Waals surface area contributed by atoms with Crippen molar-refractivity contribution >= 4 is 17.9 Å². The number of cyclic esters (lactones) is 1. The Balaban J connectivity index is 1.81. The van der Waals surface area contributed by atoms with Crippen LogP contribution >= 0.6 is 0 Å². The lowest BCUT2D eigenvalue weighted by Crippen LogP contribution is -2.67. The number of amides is 3. The Morgan fingerprint density at radius 2 is 1.96 bits per heavy atom. The minimum Gasteiger partial charge on any atom is -0.456 e. The van der Waals surface area contributed by atoms with Gasteiger partial charge in [0.25, 0.3) is 0 Å². The van der Waals surface area contributed by atoms with E-state index in [9.17, 15) is 18.8 Å². The highest BCUT2D eigenvalue weighted by molar-refractivity contribution is 6.02. The van der Waals surface area contributed by atoms with E-state index in [2.05, 4.69) is 10.6 Å². The SMILES string of the molecule is CCCCN1C(=O)NC(=O)C2C(c3ccc(F)cc3)C3=C(COC3=O)NC21. The van der Waals surface area contributed by atoms with Crippen molar-refractivity contribution in [3.8, 4) is 0 Å². The number of nitrogens with one attached hydrogen (secondary N) is 2. The molecule has 2 N–H and O–H groups in total. The topological polar surface area (TPSA) is 87.7 Å². The number of urea groups is 1. The molecule has 0 bridgehead atoms. The van der Waals surface area contributed by atoms with Gasteiger partial charge in [-0.05, 0) is 24.1 Å². The van der Waals surface area contributed by atoms with E-state index in [1.165, 1.54) is 12.1 Å². The Labute approximate surface area is 155 Å². The summed E-state index contributed by atoms with van der Waals surface area (Å²) in [6, 6.07) is 5.29. The maximum Gasteiger partial charge on any atom is 0.336 e. The van der Waals surface area contributed by atoms with E-state index in [1.807, 2.05) is 6.92 Å². The molecule has 142 valence electrons. The first kappa shape index (κ1) is 17.5. The van der Waals surface area contributed by atoms with Crippen LogP contribution in [0.5, 0.6) is 0 Å². The molecule has 1 aromatic rings. The zero-order chi connectivity index (χ0) is 19.1. The first-order valence-corrected chi connectivity index (χ1v) is 9.05. The summed E-state index contributed by atoms with van der Waals surface area (Å²) in [5, 5.41) is 5.59. The van der Waals surface area contributed by atoms with E-state index in [0.717, 1.165) is 12.8 Å². The summed E-state index contributed by atoms with van der Waals surface area (Å²) >= 11 is 0. The van der Waals surface area contributed by atoms with Gasteiger partial charge >= 0.3 is 12.0 Å². The fraction of sp³-hybridized carbons (Fsp3) is 0.421. The second-order valence-corrected chi connectivity index (χ2v) is 6.95. The van der Waals surface area contributed by atoms with Crippen LogP contribution in [0.25, 0.3) is 0 Å². The lowest BCUT2D eigenvalue weighted by molar-refractivity contribution is -0.136. The molecule has 4 rings (SSSR count). The second-order valence-electron chi connectivity index (χ2n) is 6.95. The lowest BCUT2D eigenvalue weighted by Gasteiger charge is -2.46. The normalized spacial score (nSPS) is 27.0. The predicted octanol–water partition coefficient (Wildman–Crippen LogP) is 1.62. The third kappa shape index (κ3) is 2.85. The van der Waals surface area contributed by atoms with Gasteiger partial charge in [0.05, 0.1) is 17.2 Å². The quantitative estimate of drug-likeness (QED) is 0.783. The minimum absolute atomic E-state index is 0.0759. The Morgan fingerprint density at radius 3 is 2.67 bits per heavy atom. The highest BCUT2D eigenvalue weighted by atomic mass is 19.1. The molecule has 1 aromatic carbocycles. The maximum absolute atomic E-state index is 13.4. The van der Waals surface area contributed by atoms with Crippen molar-refractivity contribution in [2.75, 3.05) is 13.2 Å². The first-order chi connectivity index (χ1) is 13.0. The number of rotatable bonds is 4. The van der Waals surface area contributed by atoms with Crippen LogP contribution in [0.3, 0.4) is 0 Å². The number of ether oxygens (including phenoxy) is 1. The van der Waals surface area contributed by atoms with Crippen molar-refractivity contribution in [3.05, 3.63) is 46.9 Å². The average Bonchev–Trinajstić information content (AvgIpc) is 3.01. The average molecular weight is 373 g/mol. The summed E-state index contributed by atoms with van der Waals surface area (Å²) < 4.78 is 18.6. The van der Waals surface area contributed by atoms with Crippen molar-refractivity contribution in [1.29, 1.82) is 0 Å². The highest BCUT2D eigenvalue weighted by Gasteiger charge is 2.53. The van der Waals surface area contributed by atoms with Crippen LogP contribution in [0.4, 0.5) is 9.18 Å². The molecule has 1 saturated heterocycles. The van der Waals surface area contributed by atoms with Crippen molar-refractivity contribution in [2.24, 2.45) is 5.92 Å². The van der Waals surface area contributed by atoms with Gasteiger partial charge < -0.3 is 15.0 Å². The molecule has 0 radical (unpaired) electrons. The zero-order valence-corrected chi connectivity index (χ0v) is 14.8. The highest BCUT2D eigenvalue weighted by Crippen LogP contribution is 2.43. The summed E-state index contributed by atoms with van der Waals surface area (Å²) in [4.78, 5) is 39.1. The summed E-state index contributed by atoms with van der Waals surface area (Å²) in [5.74, 6) is -2.67.